The number of pyridine rings is 1. The molecular formula is C14H12N4O3. The van der Waals surface area contributed by atoms with Gasteiger partial charge >= 0.3 is 5.97 Å². The first-order valence-electron chi connectivity index (χ1n) is 5.89. The first-order valence-corrected chi connectivity index (χ1v) is 5.89. The Kier molecular flexibility index (Phi) is 3.90. The molecular weight excluding hydrogens is 272 g/mol. The quantitative estimate of drug-likeness (QED) is 0.784. The average molecular weight is 284 g/mol. The van der Waals surface area contributed by atoms with Gasteiger partial charge in [-0.05, 0) is 18.2 Å². The van der Waals surface area contributed by atoms with Gasteiger partial charge in [-0.2, -0.15) is 5.26 Å². The average Bonchev–Trinajstić information content (AvgIpc) is 2.49. The molecule has 106 valence electrons. The molecule has 0 unspecified atom stereocenters. The minimum atomic E-state index is -1.15. The van der Waals surface area contributed by atoms with Crippen LogP contribution in [0.3, 0.4) is 0 Å². The Morgan fingerprint density at radius 2 is 2.24 bits per heavy atom. The summed E-state index contributed by atoms with van der Waals surface area (Å²) in [5.41, 5.74) is 6.67. The standard InChI is InChI=1S/C14H12N4O3/c1-21-12-4-8(6-15)2-3-11(12)18-13-10(14(19)20)5-9(16)7-17-13/h2-5,7H,16H2,1H3,(H,17,18)(H,19,20). The molecule has 4 N–H and O–H groups in total. The molecule has 0 aliphatic rings. The van der Waals surface area contributed by atoms with E-state index in [0.717, 1.165) is 0 Å². The zero-order valence-electron chi connectivity index (χ0n) is 11.1. The first-order chi connectivity index (χ1) is 10.0. The summed E-state index contributed by atoms with van der Waals surface area (Å²) in [6.07, 6.45) is 1.35. The minimum Gasteiger partial charge on any atom is -0.495 e. The van der Waals surface area contributed by atoms with Crippen LogP contribution in [-0.2, 0) is 0 Å². The molecule has 7 heteroatoms. The highest BCUT2D eigenvalue weighted by molar-refractivity contribution is 5.95. The van der Waals surface area contributed by atoms with E-state index in [-0.39, 0.29) is 17.1 Å². The van der Waals surface area contributed by atoms with Gasteiger partial charge in [0.25, 0.3) is 0 Å². The van der Waals surface area contributed by atoms with Crippen molar-refractivity contribution in [2.45, 2.75) is 0 Å². The molecule has 0 aliphatic carbocycles. The Labute approximate surface area is 120 Å². The van der Waals surface area contributed by atoms with E-state index < -0.39 is 5.97 Å². The molecule has 7 nitrogen and oxygen atoms in total. The number of aromatic nitrogens is 1. The van der Waals surface area contributed by atoms with E-state index in [0.29, 0.717) is 17.0 Å². The van der Waals surface area contributed by atoms with E-state index in [1.54, 1.807) is 18.2 Å². The van der Waals surface area contributed by atoms with Gasteiger partial charge in [-0.25, -0.2) is 9.78 Å². The lowest BCUT2D eigenvalue weighted by atomic mass is 10.2. The SMILES string of the molecule is COc1cc(C#N)ccc1Nc1ncc(N)cc1C(=O)O. The van der Waals surface area contributed by atoms with Crippen molar-refractivity contribution in [3.05, 3.63) is 41.6 Å². The fraction of sp³-hybridized carbons (Fsp3) is 0.0714. The van der Waals surface area contributed by atoms with Gasteiger partial charge in [0.05, 0.1) is 36.3 Å². The number of carbonyl (C=O) groups is 1. The van der Waals surface area contributed by atoms with Crippen molar-refractivity contribution in [2.75, 3.05) is 18.2 Å². The number of benzene rings is 1. The molecule has 1 heterocycles. The van der Waals surface area contributed by atoms with Crippen LogP contribution in [0.15, 0.2) is 30.5 Å². The van der Waals surface area contributed by atoms with Crippen molar-refractivity contribution < 1.29 is 14.6 Å². The van der Waals surface area contributed by atoms with Crippen molar-refractivity contribution in [3.63, 3.8) is 0 Å². The van der Waals surface area contributed by atoms with Crippen LogP contribution in [0.25, 0.3) is 0 Å². The van der Waals surface area contributed by atoms with E-state index in [2.05, 4.69) is 10.3 Å². The second-order valence-electron chi connectivity index (χ2n) is 4.12. The molecule has 0 saturated heterocycles. The van der Waals surface area contributed by atoms with Gasteiger partial charge in [0, 0.05) is 6.07 Å². The topological polar surface area (TPSA) is 121 Å². The third-order valence-electron chi connectivity index (χ3n) is 2.72. The Morgan fingerprint density at radius 1 is 1.48 bits per heavy atom. The second-order valence-corrected chi connectivity index (χ2v) is 4.12. The number of carboxylic acid groups (broad SMARTS) is 1. The summed E-state index contributed by atoms with van der Waals surface area (Å²) in [6, 6.07) is 8.05. The molecule has 1 aromatic carbocycles. The monoisotopic (exact) mass is 284 g/mol. The molecule has 0 atom stereocenters. The van der Waals surface area contributed by atoms with Crippen molar-refractivity contribution in [1.82, 2.24) is 4.98 Å². The third-order valence-corrected chi connectivity index (χ3v) is 2.72. The Morgan fingerprint density at radius 3 is 2.86 bits per heavy atom. The molecule has 2 aromatic rings. The number of rotatable bonds is 4. The van der Waals surface area contributed by atoms with E-state index in [9.17, 15) is 4.79 Å². The fourth-order valence-electron chi connectivity index (χ4n) is 1.74. The predicted octanol–water partition coefficient (Wildman–Crippen LogP) is 1.99. The summed E-state index contributed by atoms with van der Waals surface area (Å²) >= 11 is 0. The summed E-state index contributed by atoms with van der Waals surface area (Å²) in [5, 5.41) is 20.9. The van der Waals surface area contributed by atoms with Crippen LogP contribution in [-0.4, -0.2) is 23.2 Å². The second kappa shape index (κ2) is 5.79. The van der Waals surface area contributed by atoms with Crippen LogP contribution < -0.4 is 15.8 Å². The summed E-state index contributed by atoms with van der Waals surface area (Å²) < 4.78 is 5.17. The lowest BCUT2D eigenvalue weighted by molar-refractivity contribution is 0.0697. The van der Waals surface area contributed by atoms with Gasteiger partial charge < -0.3 is 20.9 Å². The van der Waals surface area contributed by atoms with E-state index in [1.165, 1.54) is 19.4 Å². The number of hydrogen-bond donors (Lipinski definition) is 3. The number of hydrogen-bond acceptors (Lipinski definition) is 6. The molecule has 0 spiro atoms. The van der Waals surface area contributed by atoms with Gasteiger partial charge in [0.2, 0.25) is 0 Å². The number of aromatic carboxylic acids is 1. The number of nitrogen functional groups attached to an aromatic ring is 1. The smallest absolute Gasteiger partial charge is 0.339 e. The van der Waals surface area contributed by atoms with Crippen molar-refractivity contribution in [2.24, 2.45) is 0 Å². The number of ether oxygens (including phenoxy) is 1. The van der Waals surface area contributed by atoms with Crippen LogP contribution in [0.5, 0.6) is 5.75 Å². The van der Waals surface area contributed by atoms with Gasteiger partial charge in [-0.1, -0.05) is 0 Å². The largest absolute Gasteiger partial charge is 0.495 e. The van der Waals surface area contributed by atoms with Crippen LogP contribution >= 0.6 is 0 Å². The highest BCUT2D eigenvalue weighted by Gasteiger charge is 2.14. The molecule has 0 amide bonds. The fourth-order valence-corrected chi connectivity index (χ4v) is 1.74. The molecule has 0 fully saturated rings. The molecule has 0 aliphatic heterocycles. The number of anilines is 3. The van der Waals surface area contributed by atoms with Crippen LogP contribution in [0.4, 0.5) is 17.2 Å². The van der Waals surface area contributed by atoms with E-state index in [1.807, 2.05) is 6.07 Å². The Hall–Kier alpha value is -3.27. The van der Waals surface area contributed by atoms with E-state index in [4.69, 9.17) is 20.8 Å². The Balaban J connectivity index is 2.43. The predicted molar refractivity (Wildman–Crippen MR) is 76.6 cm³/mol. The maximum Gasteiger partial charge on any atom is 0.339 e. The zero-order valence-corrected chi connectivity index (χ0v) is 11.1. The van der Waals surface area contributed by atoms with Crippen LogP contribution in [0.1, 0.15) is 15.9 Å². The van der Waals surface area contributed by atoms with Gasteiger partial charge in [-0.15, -0.1) is 0 Å². The summed E-state index contributed by atoms with van der Waals surface area (Å²) in [4.78, 5) is 15.2. The number of nitrogens with zero attached hydrogens (tertiary/aromatic N) is 2. The number of methoxy groups -OCH3 is 1. The highest BCUT2D eigenvalue weighted by atomic mass is 16.5. The normalized spacial score (nSPS) is 9.71. The summed E-state index contributed by atoms with van der Waals surface area (Å²) in [6.45, 7) is 0. The van der Waals surface area contributed by atoms with Crippen molar-refractivity contribution in [1.29, 1.82) is 5.26 Å². The third kappa shape index (κ3) is 3.01. The van der Waals surface area contributed by atoms with Gasteiger partial charge in [0.15, 0.2) is 0 Å². The lowest BCUT2D eigenvalue weighted by Crippen LogP contribution is -2.06. The Bertz CT molecular complexity index is 737. The molecule has 21 heavy (non-hydrogen) atoms. The number of carboxylic acids is 1. The maximum atomic E-state index is 11.2. The summed E-state index contributed by atoms with van der Waals surface area (Å²) in [5.74, 6) is -0.603. The van der Waals surface area contributed by atoms with Crippen LogP contribution in [0, 0.1) is 11.3 Å². The first kappa shape index (κ1) is 14.1. The highest BCUT2D eigenvalue weighted by Crippen LogP contribution is 2.29. The number of nitrogens with two attached hydrogens (primary N) is 1. The number of nitrogens with one attached hydrogen (secondary N) is 1. The zero-order chi connectivity index (χ0) is 15.4. The molecule has 0 radical (unpaired) electrons. The maximum absolute atomic E-state index is 11.2. The molecule has 2 rings (SSSR count). The van der Waals surface area contributed by atoms with Gasteiger partial charge in [0.1, 0.15) is 17.1 Å². The number of nitriles is 1. The van der Waals surface area contributed by atoms with Crippen LogP contribution in [0.2, 0.25) is 0 Å². The molecule has 0 bridgehead atoms. The van der Waals surface area contributed by atoms with Crippen molar-refractivity contribution in [3.8, 4) is 11.8 Å². The summed E-state index contributed by atoms with van der Waals surface area (Å²) in [7, 11) is 1.45. The molecule has 0 saturated carbocycles. The van der Waals surface area contributed by atoms with E-state index >= 15 is 0 Å². The lowest BCUT2D eigenvalue weighted by Gasteiger charge is -2.12. The molecule has 1 aromatic heterocycles. The van der Waals surface area contributed by atoms with Crippen molar-refractivity contribution >= 4 is 23.2 Å². The minimum absolute atomic E-state index is 0.0542. The van der Waals surface area contributed by atoms with Gasteiger partial charge in [-0.3, -0.25) is 0 Å².